The predicted octanol–water partition coefficient (Wildman–Crippen LogP) is 12.5. The third kappa shape index (κ3) is 23.7. The molecule has 0 radical (unpaired) electrons. The van der Waals surface area contributed by atoms with E-state index in [0.717, 1.165) is 154 Å². The number of ether oxygens (including phenoxy) is 6. The van der Waals surface area contributed by atoms with Crippen LogP contribution in [0.5, 0.6) is 0 Å². The van der Waals surface area contributed by atoms with Gasteiger partial charge in [0.05, 0.1) is 111 Å². The summed E-state index contributed by atoms with van der Waals surface area (Å²) in [6, 6.07) is 0.282. The summed E-state index contributed by atoms with van der Waals surface area (Å²) in [7, 11) is 0. The molecule has 0 aromatic heterocycles. The van der Waals surface area contributed by atoms with Crippen LogP contribution in [0, 0.1) is 68.0 Å². The molecule has 0 bridgehead atoms. The molecule has 0 spiro atoms. The minimum atomic E-state index is -0.893. The van der Waals surface area contributed by atoms with Crippen LogP contribution < -0.4 is 0 Å². The Morgan fingerprint density at radius 2 is 0.463 bits per heavy atom. The van der Waals surface area contributed by atoms with E-state index in [0.29, 0.717) is 38.5 Å². The van der Waals surface area contributed by atoms with Gasteiger partial charge >= 0.3 is 35.8 Å². The molecule has 12 aliphatic rings. The normalized spacial score (nSPS) is 26.0. The maximum Gasteiger partial charge on any atom is 0.312 e. The summed E-state index contributed by atoms with van der Waals surface area (Å²) in [5, 5.41) is 0. The van der Waals surface area contributed by atoms with E-state index in [1.165, 1.54) is 29.4 Å². The lowest BCUT2D eigenvalue weighted by atomic mass is 9.76. The molecule has 12 fully saturated rings. The van der Waals surface area contributed by atoms with E-state index in [9.17, 15) is 86.3 Å². The highest BCUT2D eigenvalue weighted by Gasteiger charge is 2.58. The molecule has 14 atom stereocenters. The van der Waals surface area contributed by atoms with Crippen molar-refractivity contribution < 1.29 is 115 Å². The van der Waals surface area contributed by atoms with Crippen LogP contribution in [0.2, 0.25) is 0 Å². The lowest BCUT2D eigenvalue weighted by Gasteiger charge is -2.48. The number of fused-ring (bicyclic) bond motifs is 6. The molecule has 6 saturated carbocycles. The maximum absolute atomic E-state index is 12.4. The van der Waals surface area contributed by atoms with Gasteiger partial charge in [-0.15, -0.1) is 0 Å². The van der Waals surface area contributed by atoms with Crippen LogP contribution in [0.1, 0.15) is 338 Å². The van der Waals surface area contributed by atoms with Crippen LogP contribution in [0.4, 0.5) is 0 Å². The molecule has 14 unspecified atom stereocenters. The first-order chi connectivity index (χ1) is 57.6. The number of carbonyl (C=O) groups excluding carboxylic acids is 18. The second-order valence-corrected chi connectivity index (χ2v) is 39.4. The van der Waals surface area contributed by atoms with Crippen LogP contribution in [-0.2, 0) is 115 Å². The van der Waals surface area contributed by atoms with E-state index in [2.05, 4.69) is 0 Å². The highest BCUT2D eigenvalue weighted by atomic mass is 16.6. The summed E-state index contributed by atoms with van der Waals surface area (Å²) in [5.74, 6) is -4.66. The van der Waals surface area contributed by atoms with Crippen molar-refractivity contribution >= 4 is 107 Å². The number of rotatable bonds is 25. The first kappa shape index (κ1) is 102. The zero-order valence-corrected chi connectivity index (χ0v) is 77.3. The minimum absolute atomic E-state index is 0.0117. The van der Waals surface area contributed by atoms with Gasteiger partial charge in [-0.25, -0.2) is 0 Å². The first-order valence-corrected chi connectivity index (χ1v) is 45.9. The highest BCUT2D eigenvalue weighted by Crippen LogP contribution is 2.45. The fraction of sp³-hybridized carbons (Fsp3) is 0.806. The highest BCUT2D eigenvalue weighted by molar-refractivity contribution is 6.07. The Morgan fingerprint density at radius 1 is 0.268 bits per heavy atom. The molecule has 6 saturated heterocycles. The van der Waals surface area contributed by atoms with Crippen molar-refractivity contribution in [3.63, 3.8) is 0 Å². The number of imide groups is 6. The van der Waals surface area contributed by atoms with E-state index in [4.69, 9.17) is 28.4 Å². The second kappa shape index (κ2) is 43.2. The van der Waals surface area contributed by atoms with Crippen molar-refractivity contribution in [2.45, 2.75) is 386 Å². The number of nitrogens with zero attached hydrogens (tertiary/aromatic N) is 6. The Morgan fingerprint density at radius 3 is 0.732 bits per heavy atom. The van der Waals surface area contributed by atoms with Crippen molar-refractivity contribution in [3.05, 3.63) is 0 Å². The fourth-order valence-corrected chi connectivity index (χ4v) is 17.3. The van der Waals surface area contributed by atoms with E-state index < -0.39 is 50.7 Å². The average molecular weight is 1730 g/mol. The van der Waals surface area contributed by atoms with Gasteiger partial charge in [0.15, 0.2) is 32.0 Å². The van der Waals surface area contributed by atoms with E-state index in [-0.39, 0.29) is 205 Å². The number of esters is 6. The van der Waals surface area contributed by atoms with Gasteiger partial charge in [-0.3, -0.25) is 116 Å². The Balaban J connectivity index is 0.000000203. The largest absolute Gasteiger partial charge is 0.465 e. The van der Waals surface area contributed by atoms with Crippen molar-refractivity contribution in [2.75, 3.05) is 26.4 Å². The third-order valence-corrected chi connectivity index (χ3v) is 28.7. The summed E-state index contributed by atoms with van der Waals surface area (Å²) in [6.07, 6.45) is 25.6. The van der Waals surface area contributed by atoms with Gasteiger partial charge in [0, 0.05) is 0 Å². The molecule has 6 heterocycles. The number of amides is 12. The Bertz CT molecular complexity index is 3910. The standard InChI is InChI=1S/C17H27NO4.2C16H25NO4.2C15H23NO4.C14H21NO4/c1-4-17(2,3)16(21)22-11-10-14(19)18-13-9-7-5-6-8-12(13)15(18)20;1-5-16(3,4)15(20)21-10(2)13(18)17-12-9-7-6-8-11(12)14(17)19;1-4-16(2,3)15(20)21-10-13(18)17-12-9-7-5-6-8-11(12)14(17)19;1-5-15(3,4)14(19)20-9(2)12(17)16-11-8-6-7-10(11)13(16)18;1-4-15(2,3)14(19)20-9-12(17)16-11-8-6-5-7-10(11)13(16)18;1-4-14(2,3)13(18)19-8-11(16)15-10-7-5-6-9(10)12(15)17/h12-13H,4-11H2,1-3H3;10-12H,5-9H2,1-4H3;11-12H,4-10H2,1-3H3;9-11H,5-8H2,1-4H3;10-11H,4-9H2,1-3H3;9-10H,4-8H2,1-3H3. The molecule has 12 amide bonds. The smallest absolute Gasteiger partial charge is 0.312 e. The topological polar surface area (TPSA) is 382 Å². The lowest BCUT2D eigenvalue weighted by molar-refractivity contribution is -0.180. The molecule has 0 aromatic carbocycles. The van der Waals surface area contributed by atoms with Gasteiger partial charge in [-0.2, -0.15) is 0 Å². The predicted molar refractivity (Wildman–Crippen MR) is 450 cm³/mol. The summed E-state index contributed by atoms with van der Waals surface area (Å²) in [5.41, 5.74) is -3.52. The van der Waals surface area contributed by atoms with Crippen molar-refractivity contribution in [1.82, 2.24) is 29.4 Å². The fourth-order valence-electron chi connectivity index (χ4n) is 17.3. The summed E-state index contributed by atoms with van der Waals surface area (Å²) in [4.78, 5) is 224. The quantitative estimate of drug-likeness (QED) is 0.0465. The number of hydrogen-bond acceptors (Lipinski definition) is 24. The van der Waals surface area contributed by atoms with Gasteiger partial charge in [-0.05, 0) is 213 Å². The molecular formula is C93H144N6O24. The van der Waals surface area contributed by atoms with Crippen LogP contribution in [0.3, 0.4) is 0 Å². The van der Waals surface area contributed by atoms with Gasteiger partial charge in [0.25, 0.3) is 29.5 Å². The molecule has 12 rings (SSSR count). The molecule has 0 N–H and O–H groups in total. The van der Waals surface area contributed by atoms with Crippen LogP contribution >= 0.6 is 0 Å². The average Bonchev–Trinajstić information content (AvgIpc) is 1.64. The van der Waals surface area contributed by atoms with Gasteiger partial charge in [-0.1, -0.05) is 119 Å². The molecule has 6 aliphatic heterocycles. The molecule has 6 aliphatic carbocycles. The third-order valence-electron chi connectivity index (χ3n) is 28.7. The Hall–Kier alpha value is -8.34. The maximum atomic E-state index is 12.4. The van der Waals surface area contributed by atoms with Crippen LogP contribution in [0.15, 0.2) is 0 Å². The van der Waals surface area contributed by atoms with Crippen molar-refractivity contribution in [3.8, 4) is 0 Å². The monoisotopic (exact) mass is 1730 g/mol. The van der Waals surface area contributed by atoms with Crippen molar-refractivity contribution in [2.24, 2.45) is 68.0 Å². The minimum Gasteiger partial charge on any atom is -0.465 e. The summed E-state index contributed by atoms with van der Waals surface area (Å²) < 4.78 is 30.9. The van der Waals surface area contributed by atoms with Gasteiger partial charge < -0.3 is 28.4 Å². The molecule has 690 valence electrons. The number of likely N-dealkylation sites (tertiary alicyclic amines) is 6. The Labute approximate surface area is 727 Å². The molecule has 0 aromatic rings. The molecule has 30 nitrogen and oxygen atoms in total. The van der Waals surface area contributed by atoms with Gasteiger partial charge in [0.1, 0.15) is 6.61 Å². The van der Waals surface area contributed by atoms with E-state index in [1.807, 2.05) is 55.4 Å². The molecule has 30 heteroatoms. The molecular weight excluding hydrogens is 1590 g/mol. The lowest BCUT2D eigenvalue weighted by Crippen LogP contribution is -2.65. The first-order valence-electron chi connectivity index (χ1n) is 45.9. The molecule has 123 heavy (non-hydrogen) atoms. The van der Waals surface area contributed by atoms with Crippen molar-refractivity contribution in [1.29, 1.82) is 0 Å². The summed E-state index contributed by atoms with van der Waals surface area (Å²) in [6.45, 7) is 35.1. The van der Waals surface area contributed by atoms with Crippen LogP contribution in [-0.4, -0.2) is 211 Å². The zero-order valence-electron chi connectivity index (χ0n) is 77.3. The summed E-state index contributed by atoms with van der Waals surface area (Å²) >= 11 is 0. The second-order valence-electron chi connectivity index (χ2n) is 39.4. The number of carbonyl (C=O) groups is 18. The number of hydrogen-bond donors (Lipinski definition) is 0. The van der Waals surface area contributed by atoms with E-state index >= 15 is 0 Å². The SMILES string of the molecule is CCC(C)(C)C(=O)OC(C)C(=O)N1C(=O)C2CCCC21.CCC(C)(C)C(=O)OC(C)C(=O)N1C(=O)C2CCCCC21.CCC(C)(C)C(=O)OCC(=O)N1C(=O)C2CCCC21.CCC(C)(C)C(=O)OCC(=O)N1C(=O)C2CCCCC21.CCC(C)(C)C(=O)OCC(=O)N1C(=O)C2CCCCCC21.CCC(C)(C)C(=O)OCCC(=O)N1C(=O)C2CCCCCC21. The number of β-lactam (4-membered cyclic amide) rings is 6. The Kier molecular flexibility index (Phi) is 35.8. The van der Waals surface area contributed by atoms with E-state index in [1.54, 1.807) is 83.1 Å². The van der Waals surface area contributed by atoms with Crippen LogP contribution in [0.25, 0.3) is 0 Å². The van der Waals surface area contributed by atoms with Gasteiger partial charge in [0.2, 0.25) is 41.4 Å². The zero-order chi connectivity index (χ0) is 91.9.